The van der Waals surface area contributed by atoms with Crippen LogP contribution in [-0.4, -0.2) is 45.2 Å². The molecule has 0 fully saturated rings. The highest BCUT2D eigenvalue weighted by molar-refractivity contribution is 7.80. The molecular formula is C19H22N4O5S. The number of nitrogens with two attached hydrogens (primary N) is 1. The molecule has 0 aromatic heterocycles. The fraction of sp³-hybridized carbons (Fsp3) is 0.211. The van der Waals surface area contributed by atoms with Crippen LogP contribution in [-0.2, 0) is 4.79 Å². The Hall–Kier alpha value is -3.53. The Morgan fingerprint density at radius 3 is 2.34 bits per heavy atom. The van der Waals surface area contributed by atoms with Crippen molar-refractivity contribution in [2.75, 3.05) is 33.3 Å². The van der Waals surface area contributed by atoms with Gasteiger partial charge in [0.05, 0.1) is 27.5 Å². The molecule has 2 aromatic carbocycles. The minimum Gasteiger partial charge on any atom is -0.493 e. The van der Waals surface area contributed by atoms with Crippen LogP contribution in [0.3, 0.4) is 0 Å². The van der Waals surface area contributed by atoms with Crippen molar-refractivity contribution in [3.63, 3.8) is 0 Å². The van der Waals surface area contributed by atoms with Gasteiger partial charge in [0.2, 0.25) is 0 Å². The predicted molar refractivity (Wildman–Crippen MR) is 114 cm³/mol. The number of hydrogen-bond donors (Lipinski definition) is 3. The molecule has 0 spiro atoms. The number of primary amides is 1. The van der Waals surface area contributed by atoms with Crippen molar-refractivity contribution in [1.82, 2.24) is 5.43 Å². The highest BCUT2D eigenvalue weighted by Gasteiger charge is 2.07. The first-order chi connectivity index (χ1) is 14.0. The molecule has 0 heterocycles. The van der Waals surface area contributed by atoms with Gasteiger partial charge in [0.15, 0.2) is 34.7 Å². The van der Waals surface area contributed by atoms with Crippen LogP contribution in [0.15, 0.2) is 41.5 Å². The molecule has 0 saturated carbocycles. The first-order valence-corrected chi connectivity index (χ1v) is 8.79. The average molecular weight is 418 g/mol. The Balaban J connectivity index is 1.96. The third kappa shape index (κ3) is 6.54. The molecule has 2 rings (SSSR count). The van der Waals surface area contributed by atoms with Crippen LogP contribution < -0.4 is 35.4 Å². The molecule has 0 saturated heterocycles. The van der Waals surface area contributed by atoms with Crippen molar-refractivity contribution in [2.45, 2.75) is 0 Å². The van der Waals surface area contributed by atoms with Crippen LogP contribution in [0.5, 0.6) is 23.0 Å². The second kappa shape index (κ2) is 10.7. The Kier molecular flexibility index (Phi) is 8.04. The summed E-state index contributed by atoms with van der Waals surface area (Å²) in [7, 11) is 4.62. The van der Waals surface area contributed by atoms with Gasteiger partial charge in [-0.15, -0.1) is 0 Å². The van der Waals surface area contributed by atoms with E-state index in [1.165, 1.54) is 7.11 Å². The maximum absolute atomic E-state index is 10.8. The van der Waals surface area contributed by atoms with Gasteiger partial charge in [-0.05, 0) is 48.1 Å². The van der Waals surface area contributed by atoms with Crippen molar-refractivity contribution < 1.29 is 23.7 Å². The van der Waals surface area contributed by atoms with Crippen LogP contribution in [0.1, 0.15) is 5.56 Å². The molecule has 0 atom stereocenters. The Bertz CT molecular complexity index is 904. The van der Waals surface area contributed by atoms with E-state index in [9.17, 15) is 4.79 Å². The van der Waals surface area contributed by atoms with Crippen molar-refractivity contribution in [2.24, 2.45) is 10.8 Å². The SMILES string of the molecule is COc1ccc(NC(=S)N/N=C\c2ccc(OCC(N)=O)c(OC)c2)cc1OC. The molecule has 4 N–H and O–H groups in total. The average Bonchev–Trinajstić information content (AvgIpc) is 2.72. The zero-order chi connectivity index (χ0) is 21.2. The molecule has 0 unspecified atom stereocenters. The summed E-state index contributed by atoms with van der Waals surface area (Å²) in [6.07, 6.45) is 1.56. The lowest BCUT2D eigenvalue weighted by atomic mass is 10.2. The highest BCUT2D eigenvalue weighted by Crippen LogP contribution is 2.29. The molecule has 0 aliphatic rings. The molecule has 9 nitrogen and oxygen atoms in total. The number of nitrogens with one attached hydrogen (secondary N) is 2. The van der Waals surface area contributed by atoms with Crippen molar-refractivity contribution >= 4 is 35.1 Å². The number of hydrazone groups is 1. The second-order valence-corrected chi connectivity index (χ2v) is 5.97. The summed E-state index contributed by atoms with van der Waals surface area (Å²) in [5.74, 6) is 1.47. The van der Waals surface area contributed by atoms with Gasteiger partial charge in [-0.25, -0.2) is 0 Å². The summed E-state index contributed by atoms with van der Waals surface area (Å²) >= 11 is 5.22. The molecule has 0 radical (unpaired) electrons. The van der Waals surface area contributed by atoms with Crippen LogP contribution >= 0.6 is 12.2 Å². The fourth-order valence-electron chi connectivity index (χ4n) is 2.27. The normalized spacial score (nSPS) is 10.3. The van der Waals surface area contributed by atoms with Gasteiger partial charge in [0.1, 0.15) is 0 Å². The van der Waals surface area contributed by atoms with Gasteiger partial charge in [0.25, 0.3) is 5.91 Å². The van der Waals surface area contributed by atoms with E-state index in [1.54, 1.807) is 56.8 Å². The first kappa shape index (κ1) is 21.8. The number of benzene rings is 2. The monoisotopic (exact) mass is 418 g/mol. The van der Waals surface area contributed by atoms with Crippen LogP contribution in [0, 0.1) is 0 Å². The lowest BCUT2D eigenvalue weighted by molar-refractivity contribution is -0.119. The summed E-state index contributed by atoms with van der Waals surface area (Å²) in [5, 5.41) is 7.38. The number of thiocarbonyl (C=S) groups is 1. The number of hydrogen-bond acceptors (Lipinski definition) is 7. The van der Waals surface area contributed by atoms with Gasteiger partial charge in [-0.2, -0.15) is 5.10 Å². The molecular weight excluding hydrogens is 396 g/mol. The Labute approximate surface area is 173 Å². The van der Waals surface area contributed by atoms with E-state index in [0.29, 0.717) is 33.8 Å². The summed E-state index contributed by atoms with van der Waals surface area (Å²) < 4.78 is 21.0. The number of carbonyl (C=O) groups excluding carboxylic acids is 1. The molecule has 10 heteroatoms. The third-order valence-electron chi connectivity index (χ3n) is 3.58. The minimum absolute atomic E-state index is 0.235. The van der Waals surface area contributed by atoms with Gasteiger partial charge in [-0.1, -0.05) is 0 Å². The molecule has 2 aromatic rings. The third-order valence-corrected chi connectivity index (χ3v) is 3.77. The predicted octanol–water partition coefficient (Wildman–Crippen LogP) is 1.90. The van der Waals surface area contributed by atoms with E-state index in [4.69, 9.17) is 36.9 Å². The topological polar surface area (TPSA) is 116 Å². The van der Waals surface area contributed by atoms with E-state index < -0.39 is 5.91 Å². The summed E-state index contributed by atoms with van der Waals surface area (Å²) in [6.45, 7) is -0.235. The highest BCUT2D eigenvalue weighted by atomic mass is 32.1. The van der Waals surface area contributed by atoms with E-state index >= 15 is 0 Å². The summed E-state index contributed by atoms with van der Waals surface area (Å²) in [4.78, 5) is 10.8. The van der Waals surface area contributed by atoms with Gasteiger partial charge < -0.3 is 30.0 Å². The number of nitrogens with zero attached hydrogens (tertiary/aromatic N) is 1. The lowest BCUT2D eigenvalue weighted by Gasteiger charge is -2.11. The fourth-order valence-corrected chi connectivity index (χ4v) is 2.44. The van der Waals surface area contributed by atoms with Crippen LogP contribution in [0.25, 0.3) is 0 Å². The van der Waals surface area contributed by atoms with Crippen LogP contribution in [0.2, 0.25) is 0 Å². The quantitative estimate of drug-likeness (QED) is 0.321. The second-order valence-electron chi connectivity index (χ2n) is 5.56. The number of ether oxygens (including phenoxy) is 4. The zero-order valence-electron chi connectivity index (χ0n) is 16.2. The first-order valence-electron chi connectivity index (χ1n) is 8.38. The Morgan fingerprint density at radius 2 is 1.69 bits per heavy atom. The molecule has 0 bridgehead atoms. The summed E-state index contributed by atoms with van der Waals surface area (Å²) in [5.41, 5.74) is 9.25. The van der Waals surface area contributed by atoms with E-state index in [2.05, 4.69) is 15.8 Å². The number of rotatable bonds is 9. The van der Waals surface area contributed by atoms with Gasteiger partial charge in [0, 0.05) is 11.8 Å². The van der Waals surface area contributed by atoms with E-state index in [1.807, 2.05) is 0 Å². The van der Waals surface area contributed by atoms with Crippen molar-refractivity contribution in [1.29, 1.82) is 0 Å². The molecule has 0 aliphatic carbocycles. The zero-order valence-corrected chi connectivity index (χ0v) is 17.0. The molecule has 1 amide bonds. The maximum atomic E-state index is 10.8. The number of amides is 1. The molecule has 29 heavy (non-hydrogen) atoms. The largest absolute Gasteiger partial charge is 0.493 e. The number of methoxy groups -OCH3 is 3. The maximum Gasteiger partial charge on any atom is 0.255 e. The standard InChI is InChI=1S/C19H22N4O5S/c1-25-14-7-5-13(9-17(14)27-3)22-19(29)23-21-10-12-4-6-15(16(8-12)26-2)28-11-18(20)24/h4-10H,11H2,1-3H3,(H2,20,24)(H2,22,23,29)/b21-10-. The lowest BCUT2D eigenvalue weighted by Crippen LogP contribution is -2.23. The van der Waals surface area contributed by atoms with Crippen molar-refractivity contribution in [3.8, 4) is 23.0 Å². The molecule has 0 aliphatic heterocycles. The van der Waals surface area contributed by atoms with Crippen molar-refractivity contribution in [3.05, 3.63) is 42.0 Å². The van der Waals surface area contributed by atoms with E-state index in [-0.39, 0.29) is 6.61 Å². The van der Waals surface area contributed by atoms with E-state index in [0.717, 1.165) is 5.56 Å². The van der Waals surface area contributed by atoms with Gasteiger partial charge >= 0.3 is 0 Å². The number of anilines is 1. The summed E-state index contributed by atoms with van der Waals surface area (Å²) in [6, 6.07) is 10.4. The van der Waals surface area contributed by atoms with Crippen LogP contribution in [0.4, 0.5) is 5.69 Å². The minimum atomic E-state index is -0.572. The van der Waals surface area contributed by atoms with Gasteiger partial charge in [-0.3, -0.25) is 10.2 Å². The Morgan fingerprint density at radius 1 is 1.03 bits per heavy atom. The smallest absolute Gasteiger partial charge is 0.255 e. The molecule has 154 valence electrons. The number of carbonyl (C=O) groups is 1.